The lowest BCUT2D eigenvalue weighted by molar-refractivity contribution is 0.804. The van der Waals surface area contributed by atoms with E-state index in [1.165, 1.54) is 32.6 Å². The van der Waals surface area contributed by atoms with E-state index in [9.17, 15) is 0 Å². The Morgan fingerprint density at radius 1 is 1.20 bits per heavy atom. The summed E-state index contributed by atoms with van der Waals surface area (Å²) in [7, 11) is 0. The highest BCUT2D eigenvalue weighted by atomic mass is 32.2. The zero-order valence-electron chi connectivity index (χ0n) is 8.73. The molecule has 0 aliphatic carbocycles. The van der Waals surface area contributed by atoms with E-state index < -0.39 is 0 Å². The summed E-state index contributed by atoms with van der Waals surface area (Å²) in [6, 6.07) is 8.82. The van der Waals surface area contributed by atoms with Gasteiger partial charge in [-0.3, -0.25) is 0 Å². The second-order valence-corrected chi connectivity index (χ2v) is 7.08. The van der Waals surface area contributed by atoms with Crippen LogP contribution in [0.5, 0.6) is 0 Å². The van der Waals surface area contributed by atoms with Gasteiger partial charge < -0.3 is 0 Å². The molecule has 2 rings (SSSR count). The normalized spacial score (nSPS) is 10.7. The second kappa shape index (κ2) is 5.73. The first-order chi connectivity index (χ1) is 7.38. The summed E-state index contributed by atoms with van der Waals surface area (Å²) in [5.41, 5.74) is 0. The fourth-order valence-electron chi connectivity index (χ4n) is 1.32. The number of rotatable bonds is 5. The van der Waals surface area contributed by atoms with Gasteiger partial charge in [0.25, 0.3) is 0 Å². The summed E-state index contributed by atoms with van der Waals surface area (Å²) in [6.45, 7) is 2.24. The highest BCUT2D eigenvalue weighted by Crippen LogP contribution is 2.36. The van der Waals surface area contributed by atoms with Crippen molar-refractivity contribution in [2.75, 3.05) is 0 Å². The number of unbranched alkanes of at least 4 members (excludes halogenated alkanes) is 1. The van der Waals surface area contributed by atoms with Crippen LogP contribution in [0.15, 0.2) is 38.1 Å². The molecule has 0 aromatic carbocycles. The molecule has 2 aromatic heterocycles. The number of thiophene rings is 2. The molecular formula is C12H14S3. The Hall–Kier alpha value is -0.250. The Labute approximate surface area is 103 Å². The lowest BCUT2D eigenvalue weighted by Gasteiger charge is -1.93. The fourth-order valence-corrected chi connectivity index (χ4v) is 4.57. The minimum Gasteiger partial charge on any atom is -0.137 e. The Morgan fingerprint density at radius 3 is 2.87 bits per heavy atom. The van der Waals surface area contributed by atoms with Crippen LogP contribution in [0, 0.1) is 0 Å². The Kier molecular flexibility index (Phi) is 4.29. The molecule has 0 nitrogen and oxygen atoms in total. The van der Waals surface area contributed by atoms with E-state index in [2.05, 4.69) is 36.6 Å². The molecule has 0 amide bonds. The molecule has 0 aliphatic heterocycles. The molecule has 0 radical (unpaired) electrons. The number of hydrogen-bond donors (Lipinski definition) is 0. The van der Waals surface area contributed by atoms with E-state index in [0.29, 0.717) is 0 Å². The van der Waals surface area contributed by atoms with Crippen LogP contribution < -0.4 is 0 Å². The van der Waals surface area contributed by atoms with Crippen LogP contribution in [0.4, 0.5) is 0 Å². The van der Waals surface area contributed by atoms with Crippen LogP contribution in [0.2, 0.25) is 0 Å². The molecule has 0 atom stereocenters. The fraction of sp³-hybridized carbons (Fsp3) is 0.333. The zero-order valence-corrected chi connectivity index (χ0v) is 11.2. The first-order valence-corrected chi connectivity index (χ1v) is 7.70. The van der Waals surface area contributed by atoms with Gasteiger partial charge in [0.1, 0.15) is 0 Å². The van der Waals surface area contributed by atoms with Crippen molar-refractivity contribution in [2.24, 2.45) is 0 Å². The minimum atomic E-state index is 1.24. The number of hydrogen-bond acceptors (Lipinski definition) is 3. The maximum absolute atomic E-state index is 2.27. The quantitative estimate of drug-likeness (QED) is 0.697. The van der Waals surface area contributed by atoms with Gasteiger partial charge in [0.05, 0.1) is 8.42 Å². The zero-order chi connectivity index (χ0) is 10.5. The predicted molar refractivity (Wildman–Crippen MR) is 71.4 cm³/mol. The molecule has 3 heteroatoms. The van der Waals surface area contributed by atoms with Crippen molar-refractivity contribution in [3.8, 4) is 0 Å². The minimum absolute atomic E-state index is 1.24. The van der Waals surface area contributed by atoms with Gasteiger partial charge in [0, 0.05) is 4.88 Å². The van der Waals surface area contributed by atoms with Gasteiger partial charge in [-0.25, -0.2) is 0 Å². The van der Waals surface area contributed by atoms with E-state index in [4.69, 9.17) is 0 Å². The van der Waals surface area contributed by atoms with Crippen LogP contribution in [-0.4, -0.2) is 0 Å². The van der Waals surface area contributed by atoms with E-state index in [1.807, 2.05) is 34.4 Å². The molecule has 0 unspecified atom stereocenters. The van der Waals surface area contributed by atoms with E-state index in [0.717, 1.165) is 0 Å². The van der Waals surface area contributed by atoms with Gasteiger partial charge in [0.15, 0.2) is 0 Å². The average Bonchev–Trinajstić information content (AvgIpc) is 2.87. The van der Waals surface area contributed by atoms with Gasteiger partial charge in [-0.1, -0.05) is 31.2 Å². The molecule has 0 saturated heterocycles. The highest BCUT2D eigenvalue weighted by Gasteiger charge is 2.02. The maximum Gasteiger partial charge on any atom is 0.0657 e. The van der Waals surface area contributed by atoms with Gasteiger partial charge in [-0.2, -0.15) is 0 Å². The third-order valence-electron chi connectivity index (χ3n) is 2.11. The van der Waals surface area contributed by atoms with Gasteiger partial charge in [-0.05, 0) is 36.4 Å². The van der Waals surface area contributed by atoms with Crippen molar-refractivity contribution in [3.63, 3.8) is 0 Å². The summed E-state index contributed by atoms with van der Waals surface area (Å²) < 4.78 is 2.81. The van der Waals surface area contributed by atoms with Crippen molar-refractivity contribution in [1.29, 1.82) is 0 Å². The van der Waals surface area contributed by atoms with Gasteiger partial charge in [-0.15, -0.1) is 22.7 Å². The SMILES string of the molecule is CCCCc1ccc(Sc2cccs2)s1. The lowest BCUT2D eigenvalue weighted by Crippen LogP contribution is -1.76. The topological polar surface area (TPSA) is 0 Å². The molecule has 2 heterocycles. The molecule has 0 N–H and O–H groups in total. The van der Waals surface area contributed by atoms with Crippen LogP contribution in [-0.2, 0) is 6.42 Å². The number of aryl methyl sites for hydroxylation is 1. The summed E-state index contributed by atoms with van der Waals surface area (Å²) in [4.78, 5) is 1.52. The van der Waals surface area contributed by atoms with Crippen molar-refractivity contribution in [2.45, 2.75) is 34.6 Å². The summed E-state index contributed by atoms with van der Waals surface area (Å²) >= 11 is 5.64. The predicted octanol–water partition coefficient (Wildman–Crippen LogP) is 5.30. The first kappa shape index (κ1) is 11.2. The van der Waals surface area contributed by atoms with Crippen molar-refractivity contribution in [1.82, 2.24) is 0 Å². The monoisotopic (exact) mass is 254 g/mol. The van der Waals surface area contributed by atoms with Gasteiger partial charge in [0.2, 0.25) is 0 Å². The second-order valence-electron chi connectivity index (χ2n) is 3.36. The molecule has 0 bridgehead atoms. The Balaban J connectivity index is 1.95. The smallest absolute Gasteiger partial charge is 0.0657 e. The largest absolute Gasteiger partial charge is 0.137 e. The van der Waals surface area contributed by atoms with Gasteiger partial charge >= 0.3 is 0 Å². The van der Waals surface area contributed by atoms with Crippen molar-refractivity contribution in [3.05, 3.63) is 34.5 Å². The summed E-state index contributed by atoms with van der Waals surface area (Å²) in [5, 5.41) is 2.13. The van der Waals surface area contributed by atoms with Crippen LogP contribution in [0.25, 0.3) is 0 Å². The maximum atomic E-state index is 2.27. The molecular weight excluding hydrogens is 240 g/mol. The van der Waals surface area contributed by atoms with E-state index >= 15 is 0 Å². The molecule has 15 heavy (non-hydrogen) atoms. The molecule has 0 aliphatic rings. The molecule has 0 fully saturated rings. The van der Waals surface area contributed by atoms with Crippen LogP contribution in [0.1, 0.15) is 24.6 Å². The standard InChI is InChI=1S/C12H14S3/c1-2-3-5-10-7-8-12(14-10)15-11-6-4-9-13-11/h4,6-9H,2-3,5H2,1H3. The van der Waals surface area contributed by atoms with Crippen molar-refractivity contribution < 1.29 is 0 Å². The lowest BCUT2D eigenvalue weighted by atomic mass is 10.2. The first-order valence-electron chi connectivity index (χ1n) is 5.18. The average molecular weight is 254 g/mol. The molecule has 0 saturated carbocycles. The summed E-state index contributed by atoms with van der Waals surface area (Å²) in [5.74, 6) is 0. The summed E-state index contributed by atoms with van der Waals surface area (Å²) in [6.07, 6.45) is 3.83. The molecule has 2 aromatic rings. The molecule has 0 spiro atoms. The van der Waals surface area contributed by atoms with E-state index in [1.54, 1.807) is 0 Å². The third kappa shape index (κ3) is 3.37. The van der Waals surface area contributed by atoms with Crippen molar-refractivity contribution >= 4 is 34.4 Å². The van der Waals surface area contributed by atoms with Crippen LogP contribution in [0.3, 0.4) is 0 Å². The van der Waals surface area contributed by atoms with Crippen LogP contribution >= 0.6 is 34.4 Å². The Morgan fingerprint density at radius 2 is 2.13 bits per heavy atom. The molecule has 80 valence electrons. The van der Waals surface area contributed by atoms with E-state index in [-0.39, 0.29) is 0 Å². The third-order valence-corrected chi connectivity index (χ3v) is 5.42. The Bertz CT molecular complexity index is 387. The highest BCUT2D eigenvalue weighted by molar-refractivity contribution is 8.02.